The van der Waals surface area contributed by atoms with Gasteiger partial charge in [0, 0.05) is 13.0 Å². The molecular formula is C14H26O2Si. The normalized spacial score (nSPS) is 13.0. The van der Waals surface area contributed by atoms with Gasteiger partial charge < -0.3 is 8.84 Å². The molecule has 0 aliphatic heterocycles. The maximum Gasteiger partial charge on any atom is 0.191 e. The van der Waals surface area contributed by atoms with Crippen LogP contribution in [0.3, 0.4) is 0 Å². The average Bonchev–Trinajstić information content (AvgIpc) is 2.68. The molecule has 3 heteroatoms. The van der Waals surface area contributed by atoms with Crippen molar-refractivity contribution in [2.24, 2.45) is 0 Å². The molecule has 0 bridgehead atoms. The van der Waals surface area contributed by atoms with Gasteiger partial charge in [0.1, 0.15) is 5.76 Å². The van der Waals surface area contributed by atoms with Crippen LogP contribution in [0.15, 0.2) is 22.8 Å². The van der Waals surface area contributed by atoms with E-state index >= 15 is 0 Å². The molecule has 17 heavy (non-hydrogen) atoms. The molecule has 1 heterocycles. The fourth-order valence-corrected chi connectivity index (χ4v) is 2.49. The third kappa shape index (κ3) is 4.68. The van der Waals surface area contributed by atoms with E-state index in [2.05, 4.69) is 33.9 Å². The first kappa shape index (κ1) is 14.5. The van der Waals surface area contributed by atoms with Crippen LogP contribution in [0.1, 0.15) is 39.4 Å². The lowest BCUT2D eigenvalue weighted by molar-refractivity contribution is 0.278. The maximum absolute atomic E-state index is 6.12. The van der Waals surface area contributed by atoms with Crippen LogP contribution in [0.4, 0.5) is 0 Å². The van der Waals surface area contributed by atoms with Gasteiger partial charge in [-0.3, -0.25) is 0 Å². The van der Waals surface area contributed by atoms with E-state index in [0.29, 0.717) is 5.04 Å². The summed E-state index contributed by atoms with van der Waals surface area (Å²) < 4.78 is 11.4. The minimum atomic E-state index is -1.54. The Morgan fingerprint density at radius 1 is 1.24 bits per heavy atom. The fraction of sp³-hybridized carbons (Fsp3) is 0.714. The number of aryl methyl sites for hydroxylation is 1. The fourth-order valence-electron chi connectivity index (χ4n) is 1.40. The van der Waals surface area contributed by atoms with Crippen molar-refractivity contribution in [1.29, 1.82) is 0 Å². The van der Waals surface area contributed by atoms with Gasteiger partial charge in [0.25, 0.3) is 0 Å². The predicted molar refractivity (Wildman–Crippen MR) is 74.8 cm³/mol. The maximum atomic E-state index is 6.12. The molecule has 0 saturated carbocycles. The summed E-state index contributed by atoms with van der Waals surface area (Å²) in [5.41, 5.74) is 0. The zero-order valence-corrected chi connectivity index (χ0v) is 12.9. The predicted octanol–water partition coefficient (Wildman–Crippen LogP) is 4.62. The molecule has 0 aromatic carbocycles. The van der Waals surface area contributed by atoms with E-state index in [-0.39, 0.29) is 0 Å². The van der Waals surface area contributed by atoms with Crippen molar-refractivity contribution in [2.75, 3.05) is 6.61 Å². The molecule has 0 N–H and O–H groups in total. The Hall–Kier alpha value is -0.543. The third-order valence-electron chi connectivity index (χ3n) is 3.67. The number of furan rings is 1. The molecule has 0 aliphatic carbocycles. The van der Waals surface area contributed by atoms with Crippen LogP contribution >= 0.6 is 0 Å². The summed E-state index contributed by atoms with van der Waals surface area (Å²) in [7, 11) is -1.54. The average molecular weight is 254 g/mol. The summed E-state index contributed by atoms with van der Waals surface area (Å²) in [6.07, 6.45) is 5.02. The van der Waals surface area contributed by atoms with Gasteiger partial charge in [0.2, 0.25) is 0 Å². The van der Waals surface area contributed by atoms with Crippen LogP contribution in [0.5, 0.6) is 0 Å². The minimum Gasteiger partial charge on any atom is -0.469 e. The molecule has 0 spiro atoms. The lowest BCUT2D eigenvalue weighted by Gasteiger charge is -2.36. The van der Waals surface area contributed by atoms with E-state index in [1.807, 2.05) is 12.1 Å². The molecule has 0 amide bonds. The van der Waals surface area contributed by atoms with Crippen LogP contribution in [-0.2, 0) is 10.8 Å². The summed E-state index contributed by atoms with van der Waals surface area (Å²) in [4.78, 5) is 0. The summed E-state index contributed by atoms with van der Waals surface area (Å²) in [6, 6.07) is 3.98. The Kier molecular flexibility index (Phi) is 5.01. The largest absolute Gasteiger partial charge is 0.469 e. The van der Waals surface area contributed by atoms with Crippen LogP contribution < -0.4 is 0 Å². The first-order valence-corrected chi connectivity index (χ1v) is 9.40. The molecule has 1 aromatic heterocycles. The van der Waals surface area contributed by atoms with Crippen molar-refractivity contribution in [3.63, 3.8) is 0 Å². The molecule has 1 aromatic rings. The standard InChI is InChI=1S/C14H26O2Si/c1-14(2,3)17(4,5)16-12-7-6-9-13-10-8-11-15-13/h8,10-11H,6-7,9,12H2,1-5H3. The lowest BCUT2D eigenvalue weighted by atomic mass is 10.2. The summed E-state index contributed by atoms with van der Waals surface area (Å²) >= 11 is 0. The van der Waals surface area contributed by atoms with Gasteiger partial charge in [-0.25, -0.2) is 0 Å². The van der Waals surface area contributed by atoms with Gasteiger partial charge in [0.05, 0.1) is 6.26 Å². The van der Waals surface area contributed by atoms with Gasteiger partial charge in [-0.1, -0.05) is 20.8 Å². The molecule has 0 radical (unpaired) electrons. The molecule has 2 nitrogen and oxygen atoms in total. The van der Waals surface area contributed by atoms with Gasteiger partial charge in [-0.2, -0.15) is 0 Å². The van der Waals surface area contributed by atoms with Crippen molar-refractivity contribution in [1.82, 2.24) is 0 Å². The van der Waals surface area contributed by atoms with Gasteiger partial charge >= 0.3 is 0 Å². The van der Waals surface area contributed by atoms with Gasteiger partial charge in [0.15, 0.2) is 8.32 Å². The number of unbranched alkanes of at least 4 members (excludes halogenated alkanes) is 1. The summed E-state index contributed by atoms with van der Waals surface area (Å²) in [5, 5.41) is 0.314. The monoisotopic (exact) mass is 254 g/mol. The molecular weight excluding hydrogens is 228 g/mol. The van der Waals surface area contributed by atoms with Crippen molar-refractivity contribution < 1.29 is 8.84 Å². The van der Waals surface area contributed by atoms with Crippen LogP contribution in [0, 0.1) is 0 Å². The SMILES string of the molecule is CC(C)(C)[Si](C)(C)OCCCCc1ccco1. The van der Waals surface area contributed by atoms with Crippen LogP contribution in [0.25, 0.3) is 0 Å². The Bertz CT molecular complexity index is 309. The second kappa shape index (κ2) is 5.87. The van der Waals surface area contributed by atoms with E-state index in [4.69, 9.17) is 8.84 Å². The van der Waals surface area contributed by atoms with Gasteiger partial charge in [-0.05, 0) is 43.1 Å². The van der Waals surface area contributed by atoms with Gasteiger partial charge in [-0.15, -0.1) is 0 Å². The highest BCUT2D eigenvalue weighted by Gasteiger charge is 2.36. The highest BCUT2D eigenvalue weighted by molar-refractivity contribution is 6.74. The molecule has 0 fully saturated rings. The second-order valence-electron chi connectivity index (χ2n) is 6.15. The smallest absolute Gasteiger partial charge is 0.191 e. The second-order valence-corrected chi connectivity index (χ2v) is 11.0. The molecule has 0 unspecified atom stereocenters. The third-order valence-corrected chi connectivity index (χ3v) is 8.20. The minimum absolute atomic E-state index is 0.314. The molecule has 1 rings (SSSR count). The van der Waals surface area contributed by atoms with Crippen molar-refractivity contribution in [3.8, 4) is 0 Å². The number of hydrogen-bond acceptors (Lipinski definition) is 2. The first-order valence-electron chi connectivity index (χ1n) is 6.49. The van der Waals surface area contributed by atoms with Crippen molar-refractivity contribution in [2.45, 2.75) is 58.2 Å². The molecule has 98 valence electrons. The Morgan fingerprint density at radius 2 is 1.94 bits per heavy atom. The lowest BCUT2D eigenvalue weighted by Crippen LogP contribution is -2.40. The first-order chi connectivity index (χ1) is 7.83. The Labute approximate surface area is 106 Å². The highest BCUT2D eigenvalue weighted by Crippen LogP contribution is 2.36. The molecule has 0 saturated heterocycles. The van der Waals surface area contributed by atoms with E-state index in [1.165, 1.54) is 0 Å². The highest BCUT2D eigenvalue weighted by atomic mass is 28.4. The Balaban J connectivity index is 2.16. The Morgan fingerprint density at radius 3 is 2.47 bits per heavy atom. The molecule has 0 atom stereocenters. The quantitative estimate of drug-likeness (QED) is 0.546. The van der Waals surface area contributed by atoms with Crippen LogP contribution in [-0.4, -0.2) is 14.9 Å². The van der Waals surface area contributed by atoms with Crippen molar-refractivity contribution >= 4 is 8.32 Å². The number of rotatable bonds is 6. The zero-order chi connectivity index (χ0) is 12.9. The van der Waals surface area contributed by atoms with E-state index in [9.17, 15) is 0 Å². The van der Waals surface area contributed by atoms with Crippen LogP contribution in [0.2, 0.25) is 18.1 Å². The van der Waals surface area contributed by atoms with E-state index in [1.54, 1.807) is 6.26 Å². The van der Waals surface area contributed by atoms with E-state index < -0.39 is 8.32 Å². The van der Waals surface area contributed by atoms with E-state index in [0.717, 1.165) is 31.6 Å². The summed E-state index contributed by atoms with van der Waals surface area (Å²) in [5.74, 6) is 1.08. The number of hydrogen-bond donors (Lipinski definition) is 0. The topological polar surface area (TPSA) is 22.4 Å². The zero-order valence-electron chi connectivity index (χ0n) is 11.9. The summed E-state index contributed by atoms with van der Waals surface area (Å²) in [6.45, 7) is 12.3. The van der Waals surface area contributed by atoms with Crippen molar-refractivity contribution in [3.05, 3.63) is 24.2 Å². The molecule has 0 aliphatic rings.